The molecule has 0 aliphatic heterocycles. The van der Waals surface area contributed by atoms with Gasteiger partial charge in [0.15, 0.2) is 17.1 Å². The summed E-state index contributed by atoms with van der Waals surface area (Å²) in [4.78, 5) is 27.0. The van der Waals surface area contributed by atoms with Crippen molar-refractivity contribution in [1.29, 1.82) is 0 Å². The second-order valence-corrected chi connectivity index (χ2v) is 9.21. The van der Waals surface area contributed by atoms with Crippen LogP contribution in [0.2, 0.25) is 0 Å². The molecule has 188 valence electrons. The van der Waals surface area contributed by atoms with E-state index in [9.17, 15) is 9.90 Å². The minimum atomic E-state index is -0.533. The summed E-state index contributed by atoms with van der Waals surface area (Å²) >= 11 is 1.23. The molecule has 0 aliphatic carbocycles. The van der Waals surface area contributed by atoms with Crippen LogP contribution in [0.1, 0.15) is 5.56 Å². The number of aliphatic hydroxyl groups is 1. The van der Waals surface area contributed by atoms with Crippen molar-refractivity contribution in [3.05, 3.63) is 99.7 Å². The zero-order valence-corrected chi connectivity index (χ0v) is 21.1. The fourth-order valence-electron chi connectivity index (χ4n) is 4.21. The molecule has 0 aliphatic rings. The average molecular weight is 525 g/mol. The van der Waals surface area contributed by atoms with Crippen molar-refractivity contribution in [2.45, 2.75) is 0 Å². The molecule has 0 amide bonds. The number of nitrogens with zero attached hydrogens (tertiary/aromatic N) is 4. The van der Waals surface area contributed by atoms with Crippen LogP contribution < -0.4 is 24.4 Å². The first-order chi connectivity index (χ1) is 18.6. The summed E-state index contributed by atoms with van der Waals surface area (Å²) in [6, 6.07) is 21.6. The van der Waals surface area contributed by atoms with Crippen LogP contribution in [0, 0.1) is 0 Å². The maximum atomic E-state index is 13.3. The third-order valence-corrected chi connectivity index (χ3v) is 7.09. The summed E-state index contributed by atoms with van der Waals surface area (Å²) in [6.07, 6.45) is 1.40. The highest BCUT2D eigenvalue weighted by atomic mass is 32.1. The number of hydrogen-bond donors (Lipinski definition) is 1. The minimum absolute atomic E-state index is 0.0534. The number of aliphatic hydroxyl groups excluding tert-OH is 1. The molecule has 3 aromatic carbocycles. The molecule has 6 aromatic rings. The molecule has 10 heteroatoms. The molecule has 3 aromatic heterocycles. The highest BCUT2D eigenvalue weighted by Gasteiger charge is 2.20. The highest BCUT2D eigenvalue weighted by molar-refractivity contribution is 7.17. The van der Waals surface area contributed by atoms with Crippen LogP contribution in [0.3, 0.4) is 0 Å². The third-order valence-electron chi connectivity index (χ3n) is 6.00. The SMILES string of the molecule is COc1ccc(C(O)=c2sc3ncnc4c3c2nc(=O)n4-c2ccc(Oc3ccccc3)cc2)cc1OC. The van der Waals surface area contributed by atoms with Gasteiger partial charge in [-0.25, -0.2) is 19.3 Å². The second-order valence-electron chi connectivity index (χ2n) is 8.21. The molecule has 0 unspecified atom stereocenters. The van der Waals surface area contributed by atoms with Gasteiger partial charge in [0, 0.05) is 5.56 Å². The van der Waals surface area contributed by atoms with Crippen LogP contribution in [0.15, 0.2) is 83.9 Å². The standard InChI is InChI=1S/C28H20N4O5S/c1-35-20-13-8-16(14-21(20)36-2)24(33)25-23-22-26(29-15-30-27(22)38-25)32(28(34)31-23)17-9-11-19(12-10-17)37-18-6-4-3-5-7-18/h3-15,33H,1-2H3. The second kappa shape index (κ2) is 9.49. The van der Waals surface area contributed by atoms with E-state index < -0.39 is 5.69 Å². The van der Waals surface area contributed by atoms with Crippen molar-refractivity contribution in [3.8, 4) is 28.7 Å². The minimum Gasteiger partial charge on any atom is -0.506 e. The quantitative estimate of drug-likeness (QED) is 0.336. The molecule has 38 heavy (non-hydrogen) atoms. The van der Waals surface area contributed by atoms with Crippen LogP contribution in [0.25, 0.3) is 32.8 Å². The van der Waals surface area contributed by atoms with E-state index in [1.54, 1.807) is 42.5 Å². The predicted octanol–water partition coefficient (Wildman–Crippen LogP) is 4.63. The fourth-order valence-corrected chi connectivity index (χ4v) is 5.25. The first kappa shape index (κ1) is 23.4. The van der Waals surface area contributed by atoms with Crippen molar-refractivity contribution < 1.29 is 19.3 Å². The first-order valence-corrected chi connectivity index (χ1v) is 12.3. The summed E-state index contributed by atoms with van der Waals surface area (Å²) in [7, 11) is 3.06. The Morgan fingerprint density at radius 2 is 1.63 bits per heavy atom. The van der Waals surface area contributed by atoms with E-state index in [-0.39, 0.29) is 5.76 Å². The Kier molecular flexibility index (Phi) is 5.85. The monoisotopic (exact) mass is 524 g/mol. The topological polar surface area (TPSA) is 109 Å². The summed E-state index contributed by atoms with van der Waals surface area (Å²) in [5.41, 5.74) is 1.25. The normalized spacial score (nSPS) is 12.1. The van der Waals surface area contributed by atoms with Crippen LogP contribution in [0.5, 0.6) is 23.0 Å². The fraction of sp³-hybridized carbons (Fsp3) is 0.0714. The molecule has 0 bridgehead atoms. The van der Waals surface area contributed by atoms with Gasteiger partial charge in [-0.3, -0.25) is 0 Å². The zero-order valence-electron chi connectivity index (χ0n) is 20.3. The van der Waals surface area contributed by atoms with E-state index in [4.69, 9.17) is 14.2 Å². The summed E-state index contributed by atoms with van der Waals surface area (Å²) in [6.45, 7) is 0. The third kappa shape index (κ3) is 3.97. The Bertz CT molecular complexity index is 1900. The number of benzene rings is 3. The lowest BCUT2D eigenvalue weighted by molar-refractivity contribution is 0.354. The van der Waals surface area contributed by atoms with Crippen molar-refractivity contribution in [2.75, 3.05) is 14.2 Å². The number of methoxy groups -OCH3 is 2. The average Bonchev–Trinajstić information content (AvgIpc) is 3.33. The molecule has 0 saturated heterocycles. The number of hydrogen-bond acceptors (Lipinski definition) is 9. The smallest absolute Gasteiger partial charge is 0.354 e. The molecule has 9 nitrogen and oxygen atoms in total. The molecule has 0 fully saturated rings. The first-order valence-electron chi connectivity index (χ1n) is 11.5. The zero-order chi connectivity index (χ0) is 26.2. The molecule has 0 spiro atoms. The number of para-hydroxylation sites is 1. The molecule has 0 saturated carbocycles. The lowest BCUT2D eigenvalue weighted by atomic mass is 10.1. The summed E-state index contributed by atoms with van der Waals surface area (Å²) < 4.78 is 18.4. The molecular weight excluding hydrogens is 504 g/mol. The van der Waals surface area contributed by atoms with Crippen LogP contribution in [-0.2, 0) is 0 Å². The lowest BCUT2D eigenvalue weighted by Crippen LogP contribution is -2.24. The van der Waals surface area contributed by atoms with Gasteiger partial charge >= 0.3 is 5.69 Å². The summed E-state index contributed by atoms with van der Waals surface area (Å²) in [5.74, 6) is 2.28. The van der Waals surface area contributed by atoms with Crippen molar-refractivity contribution in [2.24, 2.45) is 0 Å². The van der Waals surface area contributed by atoms with E-state index in [1.165, 1.54) is 36.5 Å². The van der Waals surface area contributed by atoms with Gasteiger partial charge in [-0.2, -0.15) is 4.98 Å². The Balaban J connectivity index is 1.49. The number of rotatable bonds is 6. The number of aromatic nitrogens is 4. The maximum absolute atomic E-state index is 13.3. The largest absolute Gasteiger partial charge is 0.506 e. The van der Waals surface area contributed by atoms with Crippen molar-refractivity contribution in [1.82, 2.24) is 19.5 Å². The van der Waals surface area contributed by atoms with Crippen LogP contribution >= 0.6 is 11.3 Å². The maximum Gasteiger partial charge on any atom is 0.354 e. The Hall–Kier alpha value is -4.96. The van der Waals surface area contributed by atoms with E-state index in [0.29, 0.717) is 60.2 Å². The molecule has 0 radical (unpaired) electrons. The molecule has 1 N–H and O–H groups in total. The molecule has 3 heterocycles. The van der Waals surface area contributed by atoms with Crippen molar-refractivity contribution >= 4 is 38.5 Å². The van der Waals surface area contributed by atoms with E-state index in [0.717, 1.165) is 0 Å². The van der Waals surface area contributed by atoms with E-state index >= 15 is 0 Å². The van der Waals surface area contributed by atoms with Gasteiger partial charge in [0.25, 0.3) is 0 Å². The lowest BCUT2D eigenvalue weighted by Gasteiger charge is -2.10. The van der Waals surface area contributed by atoms with Gasteiger partial charge in [-0.1, -0.05) is 18.2 Å². The van der Waals surface area contributed by atoms with Gasteiger partial charge in [-0.15, -0.1) is 11.3 Å². The Morgan fingerprint density at radius 1 is 0.895 bits per heavy atom. The van der Waals surface area contributed by atoms with E-state index in [2.05, 4.69) is 15.0 Å². The van der Waals surface area contributed by atoms with Gasteiger partial charge in [0.05, 0.1) is 29.8 Å². The van der Waals surface area contributed by atoms with Crippen LogP contribution in [-0.4, -0.2) is 38.8 Å². The Morgan fingerprint density at radius 3 is 2.37 bits per heavy atom. The van der Waals surface area contributed by atoms with E-state index in [1.807, 2.05) is 30.3 Å². The highest BCUT2D eigenvalue weighted by Crippen LogP contribution is 2.31. The van der Waals surface area contributed by atoms with Crippen molar-refractivity contribution in [3.63, 3.8) is 0 Å². The van der Waals surface area contributed by atoms with Gasteiger partial charge in [0.1, 0.15) is 33.9 Å². The Labute approximate surface area is 219 Å². The van der Waals surface area contributed by atoms with Crippen LogP contribution in [0.4, 0.5) is 0 Å². The van der Waals surface area contributed by atoms with Gasteiger partial charge < -0.3 is 19.3 Å². The molecule has 6 rings (SSSR count). The predicted molar refractivity (Wildman–Crippen MR) is 145 cm³/mol. The van der Waals surface area contributed by atoms with Gasteiger partial charge in [-0.05, 0) is 54.6 Å². The molecular formula is C28H20N4O5S. The summed E-state index contributed by atoms with van der Waals surface area (Å²) in [5, 5.41) is 11.8. The number of ether oxygens (including phenoxy) is 3. The van der Waals surface area contributed by atoms with Gasteiger partial charge in [0.2, 0.25) is 0 Å². The number of thiophene rings is 1. The molecule has 0 atom stereocenters.